The molecule has 0 bridgehead atoms. The Bertz CT molecular complexity index is 418. The molecular formula is C17H31N3S. The Morgan fingerprint density at radius 3 is 2.24 bits per heavy atom. The summed E-state index contributed by atoms with van der Waals surface area (Å²) < 4.78 is 0. The Labute approximate surface area is 134 Å². The number of anilines is 1. The van der Waals surface area contributed by atoms with Crippen LogP contribution in [-0.4, -0.2) is 24.1 Å². The van der Waals surface area contributed by atoms with Crippen LogP contribution >= 0.6 is 11.3 Å². The van der Waals surface area contributed by atoms with Crippen LogP contribution in [0.25, 0.3) is 0 Å². The molecule has 0 aliphatic carbocycles. The van der Waals surface area contributed by atoms with Crippen LogP contribution in [0.15, 0.2) is 0 Å². The average Bonchev–Trinajstić information content (AvgIpc) is 2.80. The van der Waals surface area contributed by atoms with Gasteiger partial charge in [-0.25, -0.2) is 4.98 Å². The molecule has 0 saturated carbocycles. The fourth-order valence-corrected chi connectivity index (χ4v) is 4.02. The van der Waals surface area contributed by atoms with Crippen molar-refractivity contribution >= 4 is 16.5 Å². The monoisotopic (exact) mass is 309 g/mol. The summed E-state index contributed by atoms with van der Waals surface area (Å²) in [6.07, 6.45) is 6.79. The van der Waals surface area contributed by atoms with Crippen LogP contribution in [0.1, 0.15) is 76.3 Å². The highest BCUT2D eigenvalue weighted by atomic mass is 32.1. The Hall–Kier alpha value is -0.610. The van der Waals surface area contributed by atoms with Crippen molar-refractivity contribution in [3.05, 3.63) is 10.6 Å². The second-order valence-corrected chi connectivity index (χ2v) is 7.81. The van der Waals surface area contributed by atoms with Gasteiger partial charge in [0.05, 0.1) is 5.69 Å². The first-order chi connectivity index (χ1) is 10.1. The smallest absolute Gasteiger partial charge is 0.185 e. The number of thiazole rings is 1. The van der Waals surface area contributed by atoms with Crippen molar-refractivity contribution in [1.29, 1.82) is 0 Å². The molecule has 3 nitrogen and oxygen atoms in total. The number of aromatic nitrogens is 1. The van der Waals surface area contributed by atoms with Gasteiger partial charge in [0, 0.05) is 30.6 Å². The van der Waals surface area contributed by atoms with Crippen molar-refractivity contribution in [2.45, 2.75) is 78.3 Å². The first kappa shape index (κ1) is 16.8. The van der Waals surface area contributed by atoms with E-state index in [1.165, 1.54) is 60.9 Å². The minimum atomic E-state index is 0.508. The number of nitrogens with one attached hydrogen (secondary N) is 1. The van der Waals surface area contributed by atoms with Crippen LogP contribution in [0.5, 0.6) is 0 Å². The van der Waals surface area contributed by atoms with E-state index in [9.17, 15) is 0 Å². The van der Waals surface area contributed by atoms with Crippen molar-refractivity contribution in [3.8, 4) is 0 Å². The number of hydrogen-bond acceptors (Lipinski definition) is 4. The average molecular weight is 310 g/mol. The van der Waals surface area contributed by atoms with Crippen molar-refractivity contribution in [3.63, 3.8) is 0 Å². The molecule has 0 spiro atoms. The molecule has 1 aliphatic rings. The molecule has 1 saturated heterocycles. The van der Waals surface area contributed by atoms with Crippen LogP contribution in [0, 0.1) is 0 Å². The molecule has 1 aliphatic heterocycles. The maximum absolute atomic E-state index is 4.99. The van der Waals surface area contributed by atoms with Crippen LogP contribution in [0.2, 0.25) is 0 Å². The Morgan fingerprint density at radius 2 is 1.67 bits per heavy atom. The van der Waals surface area contributed by atoms with E-state index in [-0.39, 0.29) is 0 Å². The lowest BCUT2D eigenvalue weighted by Crippen LogP contribution is -2.26. The molecule has 4 heteroatoms. The topological polar surface area (TPSA) is 28.2 Å². The van der Waals surface area contributed by atoms with E-state index in [2.05, 4.69) is 37.9 Å². The minimum Gasteiger partial charge on any atom is -0.348 e. The van der Waals surface area contributed by atoms with E-state index in [0.717, 1.165) is 6.54 Å². The molecule has 1 fully saturated rings. The number of rotatable bonds is 5. The number of hydrogen-bond donors (Lipinski definition) is 1. The van der Waals surface area contributed by atoms with Crippen LogP contribution in [-0.2, 0) is 6.54 Å². The van der Waals surface area contributed by atoms with Gasteiger partial charge >= 0.3 is 0 Å². The van der Waals surface area contributed by atoms with Gasteiger partial charge in [0.2, 0.25) is 0 Å². The highest BCUT2D eigenvalue weighted by Crippen LogP contribution is 2.31. The predicted octanol–water partition coefficient (Wildman–Crippen LogP) is 4.54. The van der Waals surface area contributed by atoms with Gasteiger partial charge in [-0.3, -0.25) is 0 Å². The third-order valence-electron chi connectivity index (χ3n) is 4.06. The molecule has 1 N–H and O–H groups in total. The maximum Gasteiger partial charge on any atom is 0.185 e. The molecule has 0 aromatic carbocycles. The Kier molecular flexibility index (Phi) is 6.49. The van der Waals surface area contributed by atoms with Crippen molar-refractivity contribution in [2.75, 3.05) is 18.0 Å². The van der Waals surface area contributed by atoms with Gasteiger partial charge in [0.25, 0.3) is 0 Å². The molecule has 0 unspecified atom stereocenters. The van der Waals surface area contributed by atoms with E-state index in [4.69, 9.17) is 4.98 Å². The molecule has 0 radical (unpaired) electrons. The normalized spacial score (nSPS) is 17.3. The van der Waals surface area contributed by atoms with E-state index in [0.29, 0.717) is 12.0 Å². The van der Waals surface area contributed by atoms with Crippen molar-refractivity contribution in [2.24, 2.45) is 0 Å². The summed E-state index contributed by atoms with van der Waals surface area (Å²) in [4.78, 5) is 8.94. The fraction of sp³-hybridized carbons (Fsp3) is 0.824. The Balaban J connectivity index is 2.12. The summed E-state index contributed by atoms with van der Waals surface area (Å²) in [7, 11) is 0. The van der Waals surface area contributed by atoms with E-state index in [1.54, 1.807) is 0 Å². The summed E-state index contributed by atoms with van der Waals surface area (Å²) in [6.45, 7) is 12.2. The number of nitrogens with zero attached hydrogens (tertiary/aromatic N) is 2. The van der Waals surface area contributed by atoms with E-state index >= 15 is 0 Å². The van der Waals surface area contributed by atoms with Gasteiger partial charge < -0.3 is 10.2 Å². The summed E-state index contributed by atoms with van der Waals surface area (Å²) in [6, 6.07) is 0.525. The van der Waals surface area contributed by atoms with Crippen LogP contribution in [0.4, 0.5) is 5.13 Å². The third kappa shape index (κ3) is 4.96. The van der Waals surface area contributed by atoms with Crippen LogP contribution < -0.4 is 10.2 Å². The highest BCUT2D eigenvalue weighted by molar-refractivity contribution is 7.15. The van der Waals surface area contributed by atoms with Crippen molar-refractivity contribution < 1.29 is 0 Å². The second kappa shape index (κ2) is 8.14. The third-order valence-corrected chi connectivity index (χ3v) is 5.19. The molecule has 1 aromatic rings. The molecule has 0 atom stereocenters. The Morgan fingerprint density at radius 1 is 1.05 bits per heavy atom. The van der Waals surface area contributed by atoms with Crippen LogP contribution in [0.3, 0.4) is 0 Å². The first-order valence-electron chi connectivity index (χ1n) is 8.56. The standard InChI is InChI=1S/C17H31N3S/c1-13(2)16-15(12-18-14(3)4)21-17(19-16)20-10-8-6-5-7-9-11-20/h13-14,18H,5-12H2,1-4H3. The highest BCUT2D eigenvalue weighted by Gasteiger charge is 2.18. The lowest BCUT2D eigenvalue weighted by Gasteiger charge is -2.24. The van der Waals surface area contributed by atoms with Gasteiger partial charge in [-0.15, -0.1) is 11.3 Å². The lowest BCUT2D eigenvalue weighted by molar-refractivity contribution is 0.555. The summed E-state index contributed by atoms with van der Waals surface area (Å²) >= 11 is 1.90. The zero-order valence-electron chi connectivity index (χ0n) is 14.1. The lowest BCUT2D eigenvalue weighted by atomic mass is 10.1. The summed E-state index contributed by atoms with van der Waals surface area (Å²) in [5.74, 6) is 0.508. The second-order valence-electron chi connectivity index (χ2n) is 6.75. The molecule has 0 amide bonds. The van der Waals surface area contributed by atoms with Gasteiger partial charge in [0.15, 0.2) is 5.13 Å². The fourth-order valence-electron chi connectivity index (χ4n) is 2.80. The zero-order chi connectivity index (χ0) is 15.2. The molecule has 2 heterocycles. The first-order valence-corrected chi connectivity index (χ1v) is 9.37. The molecule has 2 rings (SSSR count). The largest absolute Gasteiger partial charge is 0.348 e. The maximum atomic E-state index is 4.99. The minimum absolute atomic E-state index is 0.508. The zero-order valence-corrected chi connectivity index (χ0v) is 14.9. The van der Waals surface area contributed by atoms with Crippen molar-refractivity contribution in [1.82, 2.24) is 10.3 Å². The quantitative estimate of drug-likeness (QED) is 0.866. The molecule has 21 heavy (non-hydrogen) atoms. The summed E-state index contributed by atoms with van der Waals surface area (Å²) in [5, 5.41) is 4.80. The van der Waals surface area contributed by atoms with Gasteiger partial charge in [-0.2, -0.15) is 0 Å². The van der Waals surface area contributed by atoms with E-state index < -0.39 is 0 Å². The van der Waals surface area contributed by atoms with Gasteiger partial charge in [-0.1, -0.05) is 47.0 Å². The summed E-state index contributed by atoms with van der Waals surface area (Å²) in [5.41, 5.74) is 1.30. The van der Waals surface area contributed by atoms with E-state index in [1.807, 2.05) is 11.3 Å². The molecular weight excluding hydrogens is 278 g/mol. The van der Waals surface area contributed by atoms with Gasteiger partial charge in [0.1, 0.15) is 0 Å². The molecule has 120 valence electrons. The SMILES string of the molecule is CC(C)NCc1sc(N2CCCCCCC2)nc1C(C)C. The van der Waals surface area contributed by atoms with Gasteiger partial charge in [-0.05, 0) is 18.8 Å². The predicted molar refractivity (Wildman–Crippen MR) is 93.5 cm³/mol. The molecule has 1 aromatic heterocycles.